The van der Waals surface area contributed by atoms with Crippen LogP contribution in [0.4, 0.5) is 8.78 Å². The van der Waals surface area contributed by atoms with E-state index in [1.165, 1.54) is 6.07 Å². The summed E-state index contributed by atoms with van der Waals surface area (Å²) in [5, 5.41) is 8.85. The van der Waals surface area contributed by atoms with Crippen LogP contribution in [0.25, 0.3) is 11.4 Å². The number of aromatic nitrogens is 2. The van der Waals surface area contributed by atoms with Gasteiger partial charge in [-0.05, 0) is 25.1 Å². The first kappa shape index (κ1) is 12.1. The van der Waals surface area contributed by atoms with E-state index in [1.807, 2.05) is 0 Å². The molecule has 1 N–H and O–H groups in total. The van der Waals surface area contributed by atoms with Gasteiger partial charge in [-0.1, -0.05) is 0 Å². The molecule has 0 aliphatic heterocycles. The number of carbonyl (C=O) groups is 1. The fourth-order valence-corrected chi connectivity index (χ4v) is 1.49. The van der Waals surface area contributed by atoms with E-state index in [1.54, 1.807) is 6.92 Å². The van der Waals surface area contributed by atoms with Gasteiger partial charge in [0.25, 0.3) is 0 Å². The Morgan fingerprint density at radius 1 is 1.11 bits per heavy atom. The van der Waals surface area contributed by atoms with Gasteiger partial charge in [0, 0.05) is 17.3 Å². The number of hydrogen-bond acceptors (Lipinski definition) is 3. The number of carboxylic acid groups (broad SMARTS) is 1. The van der Waals surface area contributed by atoms with Crippen LogP contribution in [0.3, 0.4) is 0 Å². The van der Waals surface area contributed by atoms with E-state index in [2.05, 4.69) is 9.97 Å². The molecule has 0 aliphatic rings. The molecule has 0 radical (unpaired) electrons. The number of benzene rings is 1. The van der Waals surface area contributed by atoms with Crippen LogP contribution < -0.4 is 0 Å². The zero-order valence-electron chi connectivity index (χ0n) is 9.32. The topological polar surface area (TPSA) is 63.1 Å². The Labute approximate surface area is 101 Å². The fourth-order valence-electron chi connectivity index (χ4n) is 1.49. The Bertz CT molecular complexity index is 609. The van der Waals surface area contributed by atoms with Crippen LogP contribution in [0.5, 0.6) is 0 Å². The molecule has 0 saturated carbocycles. The molecule has 0 fully saturated rings. The summed E-state index contributed by atoms with van der Waals surface area (Å²) in [5.74, 6) is -2.79. The third kappa shape index (κ3) is 2.48. The molecule has 1 aromatic carbocycles. The molecule has 4 nitrogen and oxygen atoms in total. The van der Waals surface area contributed by atoms with Gasteiger partial charge in [0.1, 0.15) is 11.6 Å². The van der Waals surface area contributed by atoms with Crippen molar-refractivity contribution in [3.63, 3.8) is 0 Å². The minimum absolute atomic E-state index is 0.0224. The lowest BCUT2D eigenvalue weighted by Crippen LogP contribution is -2.04. The summed E-state index contributed by atoms with van der Waals surface area (Å²) < 4.78 is 26.1. The number of halogens is 2. The summed E-state index contributed by atoms with van der Waals surface area (Å²) in [6, 6.07) is 4.09. The molecule has 0 aliphatic carbocycles. The first-order valence-electron chi connectivity index (χ1n) is 5.01. The third-order valence-corrected chi connectivity index (χ3v) is 2.19. The van der Waals surface area contributed by atoms with Crippen molar-refractivity contribution in [3.8, 4) is 11.4 Å². The molecule has 1 heterocycles. The predicted octanol–water partition coefficient (Wildman–Crippen LogP) is 2.43. The maximum absolute atomic E-state index is 13.1. The van der Waals surface area contributed by atoms with Crippen molar-refractivity contribution < 1.29 is 18.7 Å². The maximum atomic E-state index is 13.1. The lowest BCUT2D eigenvalue weighted by atomic mass is 10.2. The Balaban J connectivity index is 2.59. The van der Waals surface area contributed by atoms with Crippen LogP contribution in [0.15, 0.2) is 24.3 Å². The first-order valence-corrected chi connectivity index (χ1v) is 5.01. The van der Waals surface area contributed by atoms with Gasteiger partial charge in [-0.25, -0.2) is 23.5 Å². The second kappa shape index (κ2) is 4.48. The lowest BCUT2D eigenvalue weighted by Gasteiger charge is -2.04. The monoisotopic (exact) mass is 250 g/mol. The van der Waals surface area contributed by atoms with Crippen molar-refractivity contribution >= 4 is 5.97 Å². The molecule has 0 spiro atoms. The molecule has 1 aromatic heterocycles. The highest BCUT2D eigenvalue weighted by Gasteiger charge is 2.11. The van der Waals surface area contributed by atoms with Crippen molar-refractivity contribution in [2.45, 2.75) is 6.92 Å². The van der Waals surface area contributed by atoms with E-state index in [0.717, 1.165) is 18.2 Å². The smallest absolute Gasteiger partial charge is 0.354 e. The van der Waals surface area contributed by atoms with E-state index >= 15 is 0 Å². The Kier molecular flexibility index (Phi) is 3.01. The highest BCUT2D eigenvalue weighted by Crippen LogP contribution is 2.19. The number of carboxylic acids is 1. The second-order valence-electron chi connectivity index (χ2n) is 3.68. The Morgan fingerprint density at radius 2 is 1.72 bits per heavy atom. The summed E-state index contributed by atoms with van der Waals surface area (Å²) in [7, 11) is 0. The SMILES string of the molecule is Cc1cc(C(=O)O)nc(-c2cc(F)cc(F)c2)n1. The quantitative estimate of drug-likeness (QED) is 0.889. The van der Waals surface area contributed by atoms with Crippen LogP contribution in [-0.4, -0.2) is 21.0 Å². The van der Waals surface area contributed by atoms with Crippen molar-refractivity contribution in [3.05, 3.63) is 47.3 Å². The molecule has 0 bridgehead atoms. The van der Waals surface area contributed by atoms with Crippen molar-refractivity contribution in [1.29, 1.82) is 0 Å². The van der Waals surface area contributed by atoms with E-state index in [-0.39, 0.29) is 17.1 Å². The number of nitrogens with zero attached hydrogens (tertiary/aromatic N) is 2. The van der Waals surface area contributed by atoms with Gasteiger partial charge in [0.05, 0.1) is 0 Å². The molecule has 0 unspecified atom stereocenters. The standard InChI is InChI=1S/C12H8F2N2O2/c1-6-2-10(12(17)18)16-11(15-6)7-3-8(13)5-9(14)4-7/h2-5H,1H3,(H,17,18). The molecular weight excluding hydrogens is 242 g/mol. The Morgan fingerprint density at radius 3 is 2.28 bits per heavy atom. The van der Waals surface area contributed by atoms with Gasteiger partial charge in [-0.2, -0.15) is 0 Å². The zero-order valence-corrected chi connectivity index (χ0v) is 9.32. The second-order valence-corrected chi connectivity index (χ2v) is 3.68. The molecule has 0 saturated heterocycles. The van der Waals surface area contributed by atoms with Gasteiger partial charge < -0.3 is 5.11 Å². The van der Waals surface area contributed by atoms with E-state index in [9.17, 15) is 13.6 Å². The number of aromatic carboxylic acids is 1. The van der Waals surface area contributed by atoms with Crippen LogP contribution in [0.2, 0.25) is 0 Å². The van der Waals surface area contributed by atoms with Crippen molar-refractivity contribution in [1.82, 2.24) is 9.97 Å². The molecule has 2 rings (SSSR count). The summed E-state index contributed by atoms with van der Waals surface area (Å²) in [6.45, 7) is 1.58. The summed E-state index contributed by atoms with van der Waals surface area (Å²) in [6.07, 6.45) is 0. The Hall–Kier alpha value is -2.37. The average molecular weight is 250 g/mol. The van der Waals surface area contributed by atoms with Gasteiger partial charge in [-0.3, -0.25) is 0 Å². The summed E-state index contributed by atoms with van der Waals surface area (Å²) in [4.78, 5) is 18.5. The molecular formula is C12H8F2N2O2. The molecule has 6 heteroatoms. The molecule has 18 heavy (non-hydrogen) atoms. The van der Waals surface area contributed by atoms with Gasteiger partial charge in [0.2, 0.25) is 0 Å². The average Bonchev–Trinajstić information content (AvgIpc) is 2.26. The largest absolute Gasteiger partial charge is 0.477 e. The zero-order chi connectivity index (χ0) is 13.3. The van der Waals surface area contributed by atoms with E-state index in [0.29, 0.717) is 5.69 Å². The van der Waals surface area contributed by atoms with E-state index in [4.69, 9.17) is 5.11 Å². The molecule has 0 atom stereocenters. The minimum Gasteiger partial charge on any atom is -0.477 e. The third-order valence-electron chi connectivity index (χ3n) is 2.19. The normalized spacial score (nSPS) is 10.4. The minimum atomic E-state index is -1.22. The molecule has 0 amide bonds. The van der Waals surface area contributed by atoms with Crippen LogP contribution in [-0.2, 0) is 0 Å². The van der Waals surface area contributed by atoms with Crippen LogP contribution in [0, 0.1) is 18.6 Å². The van der Waals surface area contributed by atoms with Gasteiger partial charge in [0.15, 0.2) is 11.5 Å². The van der Waals surface area contributed by atoms with Crippen molar-refractivity contribution in [2.24, 2.45) is 0 Å². The van der Waals surface area contributed by atoms with Gasteiger partial charge >= 0.3 is 5.97 Å². The summed E-state index contributed by atoms with van der Waals surface area (Å²) in [5.41, 5.74) is 0.280. The van der Waals surface area contributed by atoms with E-state index < -0.39 is 17.6 Å². The predicted molar refractivity (Wildman–Crippen MR) is 59.1 cm³/mol. The van der Waals surface area contributed by atoms with Crippen molar-refractivity contribution in [2.75, 3.05) is 0 Å². The summed E-state index contributed by atoms with van der Waals surface area (Å²) >= 11 is 0. The molecule has 2 aromatic rings. The highest BCUT2D eigenvalue weighted by molar-refractivity contribution is 5.86. The number of rotatable bonds is 2. The first-order chi connectivity index (χ1) is 8.45. The molecule has 92 valence electrons. The highest BCUT2D eigenvalue weighted by atomic mass is 19.1. The number of hydrogen-bond donors (Lipinski definition) is 1. The fraction of sp³-hybridized carbons (Fsp3) is 0.0833. The lowest BCUT2D eigenvalue weighted by molar-refractivity contribution is 0.0690. The van der Waals surface area contributed by atoms with Gasteiger partial charge in [-0.15, -0.1) is 0 Å². The maximum Gasteiger partial charge on any atom is 0.354 e. The van der Waals surface area contributed by atoms with Crippen LogP contribution in [0.1, 0.15) is 16.2 Å². The number of aryl methyl sites for hydroxylation is 1. The van der Waals surface area contributed by atoms with Crippen LogP contribution >= 0.6 is 0 Å².